The van der Waals surface area contributed by atoms with E-state index in [1.807, 2.05) is 0 Å². The molecule has 1 unspecified atom stereocenters. The van der Waals surface area contributed by atoms with E-state index in [1.165, 1.54) is 6.07 Å². The van der Waals surface area contributed by atoms with Crippen LogP contribution in [0.1, 0.15) is 18.4 Å². The van der Waals surface area contributed by atoms with Gasteiger partial charge in [-0.3, -0.25) is 10.1 Å². The highest BCUT2D eigenvalue weighted by molar-refractivity contribution is 9.10. The van der Waals surface area contributed by atoms with Crippen molar-refractivity contribution in [3.8, 4) is 0 Å². The minimum atomic E-state index is -2.98. The van der Waals surface area contributed by atoms with Crippen molar-refractivity contribution in [3.05, 3.63) is 32.3 Å². The summed E-state index contributed by atoms with van der Waals surface area (Å²) in [5.41, 5.74) is 1.27. The molecule has 1 saturated heterocycles. The Morgan fingerprint density at radius 1 is 1.45 bits per heavy atom. The zero-order chi connectivity index (χ0) is 14.9. The third-order valence-electron chi connectivity index (χ3n) is 3.30. The lowest BCUT2D eigenvalue weighted by atomic mass is 10.1. The number of aryl methyl sites for hydroxylation is 1. The Bertz CT molecular complexity index is 645. The quantitative estimate of drug-likeness (QED) is 0.659. The number of hydrogen-bond donors (Lipinski definition) is 1. The smallest absolute Gasteiger partial charge is 0.273 e. The van der Waals surface area contributed by atoms with E-state index < -0.39 is 14.8 Å². The van der Waals surface area contributed by atoms with Crippen LogP contribution < -0.4 is 5.32 Å². The lowest BCUT2D eigenvalue weighted by Gasteiger charge is -2.24. The number of nitro groups is 1. The van der Waals surface area contributed by atoms with E-state index in [1.54, 1.807) is 13.0 Å². The summed E-state index contributed by atoms with van der Waals surface area (Å²) in [6.07, 6.45) is 1.42. The first-order valence-electron chi connectivity index (χ1n) is 6.20. The van der Waals surface area contributed by atoms with Crippen molar-refractivity contribution in [2.75, 3.05) is 16.8 Å². The number of hydrogen-bond acceptors (Lipinski definition) is 5. The van der Waals surface area contributed by atoms with Gasteiger partial charge in [0, 0.05) is 27.8 Å². The number of anilines is 1. The molecule has 0 bridgehead atoms. The first kappa shape index (κ1) is 15.2. The van der Waals surface area contributed by atoms with Crippen LogP contribution in [-0.2, 0) is 9.84 Å². The van der Waals surface area contributed by atoms with E-state index in [-0.39, 0.29) is 23.2 Å². The summed E-state index contributed by atoms with van der Waals surface area (Å²) < 4.78 is 23.8. The Balaban J connectivity index is 2.22. The molecular formula is C12H15BrN2O4S. The predicted molar refractivity (Wildman–Crippen MR) is 80.8 cm³/mol. The van der Waals surface area contributed by atoms with E-state index in [4.69, 9.17) is 0 Å². The summed E-state index contributed by atoms with van der Waals surface area (Å²) in [5, 5.41) is 14.0. The largest absolute Gasteiger partial charge is 0.380 e. The number of sulfone groups is 1. The summed E-state index contributed by atoms with van der Waals surface area (Å²) in [5.74, 6) is 0.348. The van der Waals surface area contributed by atoms with Gasteiger partial charge in [-0.15, -0.1) is 0 Å². The molecule has 110 valence electrons. The van der Waals surface area contributed by atoms with Gasteiger partial charge in [0.25, 0.3) is 5.69 Å². The van der Waals surface area contributed by atoms with Crippen LogP contribution in [0, 0.1) is 17.0 Å². The fourth-order valence-electron chi connectivity index (χ4n) is 2.33. The van der Waals surface area contributed by atoms with Crippen LogP contribution in [0.25, 0.3) is 0 Å². The summed E-state index contributed by atoms with van der Waals surface area (Å²) in [6.45, 7) is 1.66. The fraction of sp³-hybridized carbons (Fsp3) is 0.500. The Labute approximate surface area is 125 Å². The second-order valence-electron chi connectivity index (χ2n) is 4.97. The maximum Gasteiger partial charge on any atom is 0.273 e. The zero-order valence-corrected chi connectivity index (χ0v) is 13.3. The Hall–Kier alpha value is -1.15. The number of halogens is 1. The van der Waals surface area contributed by atoms with Crippen LogP contribution in [-0.4, -0.2) is 30.9 Å². The molecule has 6 nitrogen and oxygen atoms in total. The highest BCUT2D eigenvalue weighted by Crippen LogP contribution is 2.31. The third-order valence-corrected chi connectivity index (χ3v) is 5.78. The van der Waals surface area contributed by atoms with Gasteiger partial charge < -0.3 is 5.32 Å². The number of nitro benzene ring substituents is 1. The van der Waals surface area contributed by atoms with Crippen molar-refractivity contribution in [1.29, 1.82) is 0 Å². The molecule has 8 heteroatoms. The summed E-state index contributed by atoms with van der Waals surface area (Å²) in [6, 6.07) is 2.96. The molecule has 0 amide bonds. The maximum absolute atomic E-state index is 11.6. The van der Waals surface area contributed by atoms with Gasteiger partial charge in [-0.05, 0) is 41.8 Å². The molecular weight excluding hydrogens is 348 g/mol. The molecule has 1 aromatic carbocycles. The monoisotopic (exact) mass is 362 g/mol. The average molecular weight is 363 g/mol. The lowest BCUT2D eigenvalue weighted by Crippen LogP contribution is -2.34. The van der Waals surface area contributed by atoms with Crippen LogP contribution in [0.15, 0.2) is 16.6 Å². The van der Waals surface area contributed by atoms with Crippen molar-refractivity contribution in [1.82, 2.24) is 0 Å². The molecule has 0 saturated carbocycles. The van der Waals surface area contributed by atoms with E-state index in [2.05, 4.69) is 21.2 Å². The van der Waals surface area contributed by atoms with Gasteiger partial charge in [0.2, 0.25) is 0 Å². The van der Waals surface area contributed by atoms with Gasteiger partial charge in [0.1, 0.15) is 0 Å². The van der Waals surface area contributed by atoms with Gasteiger partial charge in [0.15, 0.2) is 9.84 Å². The molecule has 20 heavy (non-hydrogen) atoms. The van der Waals surface area contributed by atoms with Crippen LogP contribution in [0.4, 0.5) is 11.4 Å². The van der Waals surface area contributed by atoms with E-state index in [0.29, 0.717) is 22.1 Å². The summed E-state index contributed by atoms with van der Waals surface area (Å²) in [7, 11) is -2.98. The highest BCUT2D eigenvalue weighted by Gasteiger charge is 2.25. The van der Waals surface area contributed by atoms with Crippen molar-refractivity contribution in [3.63, 3.8) is 0 Å². The topological polar surface area (TPSA) is 89.3 Å². The SMILES string of the molecule is Cc1cc(NC2CCCS(=O)(=O)C2)c(Br)cc1[N+](=O)[O-]. The molecule has 0 aliphatic carbocycles. The number of nitrogens with one attached hydrogen (secondary N) is 1. The Morgan fingerprint density at radius 3 is 2.75 bits per heavy atom. The number of benzene rings is 1. The molecule has 0 aromatic heterocycles. The zero-order valence-electron chi connectivity index (χ0n) is 10.9. The van der Waals surface area contributed by atoms with Gasteiger partial charge in [-0.1, -0.05) is 0 Å². The molecule has 1 fully saturated rings. The van der Waals surface area contributed by atoms with Gasteiger partial charge in [-0.25, -0.2) is 8.42 Å². The first-order chi connectivity index (χ1) is 9.28. The van der Waals surface area contributed by atoms with E-state index in [9.17, 15) is 18.5 Å². The molecule has 2 rings (SSSR count). The molecule has 1 N–H and O–H groups in total. The van der Waals surface area contributed by atoms with Crippen LogP contribution in [0.2, 0.25) is 0 Å². The normalized spacial score (nSPS) is 21.4. The summed E-state index contributed by atoms with van der Waals surface area (Å²) in [4.78, 5) is 10.4. The molecule has 1 atom stereocenters. The van der Waals surface area contributed by atoms with Crippen molar-refractivity contribution in [2.24, 2.45) is 0 Å². The average Bonchev–Trinajstić information content (AvgIpc) is 2.31. The standard InChI is InChI=1S/C12H15BrN2O4S/c1-8-5-11(10(13)6-12(8)15(16)17)14-9-3-2-4-20(18,19)7-9/h5-6,9,14H,2-4,7H2,1H3. The van der Waals surface area contributed by atoms with E-state index in [0.717, 1.165) is 6.42 Å². The first-order valence-corrected chi connectivity index (χ1v) is 8.81. The molecule has 1 aliphatic heterocycles. The molecule has 1 heterocycles. The second-order valence-corrected chi connectivity index (χ2v) is 8.06. The Kier molecular flexibility index (Phi) is 4.33. The highest BCUT2D eigenvalue weighted by atomic mass is 79.9. The predicted octanol–water partition coefficient (Wildman–Crippen LogP) is 2.65. The second kappa shape index (κ2) is 5.69. The van der Waals surface area contributed by atoms with Gasteiger partial charge in [-0.2, -0.15) is 0 Å². The van der Waals surface area contributed by atoms with Gasteiger partial charge in [0.05, 0.1) is 16.4 Å². The van der Waals surface area contributed by atoms with Gasteiger partial charge >= 0.3 is 0 Å². The third kappa shape index (κ3) is 3.49. The van der Waals surface area contributed by atoms with Crippen LogP contribution in [0.5, 0.6) is 0 Å². The maximum atomic E-state index is 11.6. The van der Waals surface area contributed by atoms with Crippen LogP contribution >= 0.6 is 15.9 Å². The fourth-order valence-corrected chi connectivity index (χ4v) is 4.42. The van der Waals surface area contributed by atoms with Crippen molar-refractivity contribution in [2.45, 2.75) is 25.8 Å². The van der Waals surface area contributed by atoms with E-state index >= 15 is 0 Å². The molecule has 0 spiro atoms. The van der Waals surface area contributed by atoms with Crippen molar-refractivity contribution >= 4 is 37.1 Å². The van der Waals surface area contributed by atoms with Crippen molar-refractivity contribution < 1.29 is 13.3 Å². The molecule has 0 radical (unpaired) electrons. The minimum absolute atomic E-state index is 0.0405. The molecule has 1 aliphatic rings. The number of nitrogens with zero attached hydrogens (tertiary/aromatic N) is 1. The number of rotatable bonds is 3. The Morgan fingerprint density at radius 2 is 2.15 bits per heavy atom. The van der Waals surface area contributed by atoms with Crippen LogP contribution in [0.3, 0.4) is 0 Å². The summed E-state index contributed by atoms with van der Waals surface area (Å²) >= 11 is 3.29. The molecule has 1 aromatic rings. The minimum Gasteiger partial charge on any atom is -0.380 e. The lowest BCUT2D eigenvalue weighted by molar-refractivity contribution is -0.385.